The van der Waals surface area contributed by atoms with Crippen molar-refractivity contribution in [3.05, 3.63) is 0 Å². The van der Waals surface area contributed by atoms with Crippen molar-refractivity contribution in [2.75, 3.05) is 12.0 Å². The van der Waals surface area contributed by atoms with Gasteiger partial charge in [0.1, 0.15) is 18.1 Å². The van der Waals surface area contributed by atoms with Crippen LogP contribution in [0.15, 0.2) is 0 Å². The summed E-state index contributed by atoms with van der Waals surface area (Å²) in [6.45, 7) is 3.73. The summed E-state index contributed by atoms with van der Waals surface area (Å²) >= 11 is 1.38. The summed E-state index contributed by atoms with van der Waals surface area (Å²) in [5.41, 5.74) is 16.1. The van der Waals surface area contributed by atoms with E-state index in [0.717, 1.165) is 0 Å². The molecule has 0 aliphatic rings. The monoisotopic (exact) mass is 504 g/mol. The number of thioether (sulfide) groups is 1. The van der Waals surface area contributed by atoms with Gasteiger partial charge in [-0.1, -0.05) is 13.8 Å². The Balaban J connectivity index is 5.48. The molecule has 0 saturated carbocycles. The lowest BCUT2D eigenvalue weighted by Crippen LogP contribution is -2.58. The first-order chi connectivity index (χ1) is 15.8. The molecule has 0 heterocycles. The highest BCUT2D eigenvalue weighted by molar-refractivity contribution is 7.98. The molecule has 0 bridgehead atoms. The van der Waals surface area contributed by atoms with Crippen molar-refractivity contribution < 1.29 is 33.9 Å². The number of carbonyl (C=O) groups is 6. The SMILES string of the molecule is CSCCC(NC(=O)C(CC(N)=O)NC(=O)C(N)CC(C)C)C(=O)NC(CCC(N)=O)C(=O)O. The Labute approximate surface area is 202 Å². The fourth-order valence-electron chi connectivity index (χ4n) is 2.90. The van der Waals surface area contributed by atoms with E-state index in [1.807, 2.05) is 13.8 Å². The van der Waals surface area contributed by atoms with Gasteiger partial charge in [-0.2, -0.15) is 11.8 Å². The van der Waals surface area contributed by atoms with Crippen LogP contribution in [0.25, 0.3) is 0 Å². The molecule has 0 saturated heterocycles. The average molecular weight is 505 g/mol. The van der Waals surface area contributed by atoms with Gasteiger partial charge in [0.15, 0.2) is 0 Å². The maximum absolute atomic E-state index is 12.8. The van der Waals surface area contributed by atoms with E-state index < -0.39 is 66.1 Å². The lowest BCUT2D eigenvalue weighted by molar-refractivity contribution is -0.142. The zero-order valence-electron chi connectivity index (χ0n) is 19.7. The quantitative estimate of drug-likeness (QED) is 0.113. The van der Waals surface area contributed by atoms with Crippen molar-refractivity contribution in [2.24, 2.45) is 23.1 Å². The highest BCUT2D eigenvalue weighted by Crippen LogP contribution is 2.07. The third-order valence-electron chi connectivity index (χ3n) is 4.64. The van der Waals surface area contributed by atoms with E-state index in [1.165, 1.54) is 11.8 Å². The first kappa shape index (κ1) is 31.1. The Bertz CT molecular complexity index is 749. The van der Waals surface area contributed by atoms with Crippen molar-refractivity contribution >= 4 is 47.3 Å². The van der Waals surface area contributed by atoms with Gasteiger partial charge in [0.2, 0.25) is 29.5 Å². The summed E-state index contributed by atoms with van der Waals surface area (Å²) < 4.78 is 0. The molecule has 4 atom stereocenters. The molecule has 0 aromatic heterocycles. The fourth-order valence-corrected chi connectivity index (χ4v) is 3.37. The molecule has 13 nitrogen and oxygen atoms in total. The smallest absolute Gasteiger partial charge is 0.326 e. The zero-order chi connectivity index (χ0) is 26.4. The minimum absolute atomic E-state index is 0.112. The Hall–Kier alpha value is -2.87. The van der Waals surface area contributed by atoms with E-state index in [1.54, 1.807) is 6.26 Å². The van der Waals surface area contributed by atoms with E-state index >= 15 is 0 Å². The molecule has 0 radical (unpaired) electrons. The zero-order valence-corrected chi connectivity index (χ0v) is 20.5. The number of nitrogens with two attached hydrogens (primary N) is 3. The van der Waals surface area contributed by atoms with Gasteiger partial charge < -0.3 is 38.3 Å². The van der Waals surface area contributed by atoms with Crippen LogP contribution in [-0.4, -0.2) is 76.8 Å². The number of carbonyl (C=O) groups excluding carboxylic acids is 5. The lowest BCUT2D eigenvalue weighted by Gasteiger charge is -2.25. The summed E-state index contributed by atoms with van der Waals surface area (Å²) in [5.74, 6) is -4.73. The first-order valence-electron chi connectivity index (χ1n) is 10.7. The molecule has 194 valence electrons. The molecule has 0 aliphatic carbocycles. The van der Waals surface area contributed by atoms with Gasteiger partial charge in [0.25, 0.3) is 0 Å². The van der Waals surface area contributed by atoms with Crippen molar-refractivity contribution in [3.63, 3.8) is 0 Å². The molecular formula is C20H36N6O7S. The second-order valence-corrected chi connectivity index (χ2v) is 9.20. The second-order valence-electron chi connectivity index (χ2n) is 8.21. The highest BCUT2D eigenvalue weighted by Gasteiger charge is 2.31. The average Bonchev–Trinajstić information content (AvgIpc) is 2.71. The maximum atomic E-state index is 12.8. The van der Waals surface area contributed by atoms with E-state index in [9.17, 15) is 33.9 Å². The van der Waals surface area contributed by atoms with Gasteiger partial charge in [-0.3, -0.25) is 24.0 Å². The molecule has 0 rings (SSSR count). The van der Waals surface area contributed by atoms with Crippen LogP contribution >= 0.6 is 11.8 Å². The Morgan fingerprint density at radius 2 is 1.35 bits per heavy atom. The van der Waals surface area contributed by atoms with E-state index in [4.69, 9.17) is 17.2 Å². The molecule has 14 heteroatoms. The molecule has 0 aromatic rings. The number of carboxylic acid groups (broad SMARTS) is 1. The van der Waals surface area contributed by atoms with Gasteiger partial charge >= 0.3 is 5.97 Å². The number of rotatable bonds is 17. The van der Waals surface area contributed by atoms with Gasteiger partial charge in [0.05, 0.1) is 12.5 Å². The number of hydrogen-bond acceptors (Lipinski definition) is 8. The van der Waals surface area contributed by atoms with Gasteiger partial charge in [-0.25, -0.2) is 4.79 Å². The van der Waals surface area contributed by atoms with Crippen LogP contribution in [0.4, 0.5) is 0 Å². The molecule has 10 N–H and O–H groups in total. The van der Waals surface area contributed by atoms with Crippen molar-refractivity contribution in [1.82, 2.24) is 16.0 Å². The number of nitrogens with one attached hydrogen (secondary N) is 3. The molecule has 0 aromatic carbocycles. The van der Waals surface area contributed by atoms with Crippen molar-refractivity contribution in [1.29, 1.82) is 0 Å². The van der Waals surface area contributed by atoms with Crippen molar-refractivity contribution in [3.8, 4) is 0 Å². The Morgan fingerprint density at radius 1 is 0.824 bits per heavy atom. The molecule has 0 spiro atoms. The summed E-state index contributed by atoms with van der Waals surface area (Å²) in [7, 11) is 0. The summed E-state index contributed by atoms with van der Waals surface area (Å²) in [6.07, 6.45) is 1.23. The number of hydrogen-bond donors (Lipinski definition) is 7. The van der Waals surface area contributed by atoms with Crippen LogP contribution in [0.1, 0.15) is 46.0 Å². The topological polar surface area (TPSA) is 237 Å². The molecular weight excluding hydrogens is 468 g/mol. The van der Waals surface area contributed by atoms with Crippen LogP contribution in [0.2, 0.25) is 0 Å². The maximum Gasteiger partial charge on any atom is 0.326 e. The summed E-state index contributed by atoms with van der Waals surface area (Å²) in [4.78, 5) is 71.8. The summed E-state index contributed by atoms with van der Waals surface area (Å²) in [6, 6.07) is -4.87. The van der Waals surface area contributed by atoms with E-state index in [2.05, 4.69) is 16.0 Å². The lowest BCUT2D eigenvalue weighted by atomic mass is 10.0. The number of carboxylic acids is 1. The normalized spacial score (nSPS) is 14.4. The van der Waals surface area contributed by atoms with Crippen LogP contribution in [0.5, 0.6) is 0 Å². The second kappa shape index (κ2) is 15.9. The third-order valence-corrected chi connectivity index (χ3v) is 5.28. The first-order valence-corrected chi connectivity index (χ1v) is 12.1. The van der Waals surface area contributed by atoms with Gasteiger partial charge in [-0.15, -0.1) is 0 Å². The Kier molecular flexibility index (Phi) is 14.5. The molecule has 4 unspecified atom stereocenters. The predicted octanol–water partition coefficient (Wildman–Crippen LogP) is -2.21. The largest absolute Gasteiger partial charge is 0.480 e. The van der Waals surface area contributed by atoms with Crippen LogP contribution < -0.4 is 33.2 Å². The molecule has 0 aliphatic heterocycles. The van der Waals surface area contributed by atoms with Crippen molar-refractivity contribution in [2.45, 2.75) is 70.1 Å². The molecule has 0 fully saturated rings. The van der Waals surface area contributed by atoms with Crippen LogP contribution in [0, 0.1) is 5.92 Å². The Morgan fingerprint density at radius 3 is 1.82 bits per heavy atom. The number of aliphatic carboxylic acids is 1. The van der Waals surface area contributed by atoms with E-state index in [-0.39, 0.29) is 25.2 Å². The number of primary amides is 2. The third kappa shape index (κ3) is 13.0. The standard InChI is InChI=1S/C20H36N6O7S/c1-10(2)8-11(21)17(29)26-14(9-16(23)28)19(31)24-12(6-7-34-3)18(30)25-13(20(32)33)4-5-15(22)27/h10-14H,4-9,21H2,1-3H3,(H2,22,27)(H2,23,28)(H,24,31)(H,25,30)(H,26,29)(H,32,33). The summed E-state index contributed by atoms with van der Waals surface area (Å²) in [5, 5.41) is 16.4. The minimum atomic E-state index is -1.40. The van der Waals surface area contributed by atoms with Crippen LogP contribution in [0.3, 0.4) is 0 Å². The van der Waals surface area contributed by atoms with Crippen LogP contribution in [-0.2, 0) is 28.8 Å². The molecule has 5 amide bonds. The fraction of sp³-hybridized carbons (Fsp3) is 0.700. The van der Waals surface area contributed by atoms with E-state index in [0.29, 0.717) is 12.2 Å². The van der Waals surface area contributed by atoms with Gasteiger partial charge in [-0.05, 0) is 37.2 Å². The highest BCUT2D eigenvalue weighted by atomic mass is 32.2. The van der Waals surface area contributed by atoms with Gasteiger partial charge in [0, 0.05) is 6.42 Å². The molecule has 34 heavy (non-hydrogen) atoms. The predicted molar refractivity (Wildman–Crippen MR) is 126 cm³/mol. The minimum Gasteiger partial charge on any atom is -0.480 e. The number of amides is 5.